The fraction of sp³-hybridized carbons (Fsp3) is 0.538. The highest BCUT2D eigenvalue weighted by molar-refractivity contribution is 6.32. The van der Waals surface area contributed by atoms with Crippen molar-refractivity contribution in [1.82, 2.24) is 0 Å². The molecule has 0 bridgehead atoms. The number of hydrogen-bond acceptors (Lipinski definition) is 2. The largest absolute Gasteiger partial charge is 0.495 e. The Hall–Kier alpha value is -0.730. The Morgan fingerprint density at radius 3 is 2.56 bits per heavy atom. The van der Waals surface area contributed by atoms with Crippen molar-refractivity contribution in [2.45, 2.75) is 32.6 Å². The van der Waals surface area contributed by atoms with Gasteiger partial charge in [-0.1, -0.05) is 24.1 Å². The zero-order chi connectivity index (χ0) is 12.0. The third-order valence-electron chi connectivity index (χ3n) is 2.62. The third-order valence-corrected chi connectivity index (χ3v) is 2.90. The predicted octanol–water partition coefficient (Wildman–Crippen LogP) is 3.36. The van der Waals surface area contributed by atoms with Gasteiger partial charge in [0.2, 0.25) is 0 Å². The molecule has 0 amide bonds. The smallest absolute Gasteiger partial charge is 0.140 e. The Morgan fingerprint density at radius 2 is 2.00 bits per heavy atom. The highest BCUT2D eigenvalue weighted by Gasteiger charge is 2.06. The average Bonchev–Trinajstić information content (AvgIpc) is 2.24. The van der Waals surface area contributed by atoms with Crippen molar-refractivity contribution in [2.24, 2.45) is 0 Å². The monoisotopic (exact) mass is 242 g/mol. The van der Waals surface area contributed by atoms with Gasteiger partial charge in [0, 0.05) is 6.61 Å². The molecule has 90 valence electrons. The number of ether oxygens (including phenoxy) is 1. The molecule has 0 heterocycles. The van der Waals surface area contributed by atoms with Gasteiger partial charge in [0.05, 0.1) is 12.1 Å². The Morgan fingerprint density at radius 1 is 1.25 bits per heavy atom. The Bertz CT molecular complexity index is 314. The van der Waals surface area contributed by atoms with Crippen LogP contribution in [0.25, 0.3) is 0 Å². The minimum atomic E-state index is 0.280. The minimum absolute atomic E-state index is 0.280. The van der Waals surface area contributed by atoms with Gasteiger partial charge in [-0.05, 0) is 43.4 Å². The summed E-state index contributed by atoms with van der Waals surface area (Å²) in [6, 6.07) is 4.08. The van der Waals surface area contributed by atoms with Crippen LogP contribution < -0.4 is 4.74 Å². The fourth-order valence-corrected chi connectivity index (χ4v) is 2.19. The molecule has 0 saturated heterocycles. The second kappa shape index (κ2) is 6.77. The molecule has 0 radical (unpaired) electrons. The molecule has 1 rings (SSSR count). The van der Waals surface area contributed by atoms with E-state index in [1.807, 2.05) is 13.0 Å². The molecular formula is C13H19ClO2. The molecule has 1 aromatic carbocycles. The lowest BCUT2D eigenvalue weighted by atomic mass is 10.0. The van der Waals surface area contributed by atoms with Crippen molar-refractivity contribution >= 4 is 11.6 Å². The predicted molar refractivity (Wildman–Crippen MR) is 67.4 cm³/mol. The van der Waals surface area contributed by atoms with E-state index in [0.29, 0.717) is 5.02 Å². The number of aliphatic hydroxyl groups excluding tert-OH is 1. The van der Waals surface area contributed by atoms with Crippen LogP contribution in [0, 0.1) is 6.92 Å². The topological polar surface area (TPSA) is 29.5 Å². The summed E-state index contributed by atoms with van der Waals surface area (Å²) < 4.78 is 5.21. The van der Waals surface area contributed by atoms with Crippen LogP contribution in [-0.2, 0) is 6.42 Å². The number of rotatable bonds is 6. The Kier molecular flexibility index (Phi) is 5.64. The molecule has 2 nitrogen and oxygen atoms in total. The van der Waals surface area contributed by atoms with Gasteiger partial charge in [0.25, 0.3) is 0 Å². The Labute approximate surface area is 102 Å². The molecule has 1 aromatic rings. The normalized spacial score (nSPS) is 10.5. The average molecular weight is 243 g/mol. The highest BCUT2D eigenvalue weighted by Crippen LogP contribution is 2.30. The number of aliphatic hydroxyl groups is 1. The van der Waals surface area contributed by atoms with Gasteiger partial charge in [0.1, 0.15) is 5.75 Å². The lowest BCUT2D eigenvalue weighted by Gasteiger charge is -2.09. The second-order valence-corrected chi connectivity index (χ2v) is 4.37. The minimum Gasteiger partial charge on any atom is -0.495 e. The first kappa shape index (κ1) is 13.3. The van der Waals surface area contributed by atoms with Crippen molar-refractivity contribution < 1.29 is 9.84 Å². The first-order valence-electron chi connectivity index (χ1n) is 5.63. The van der Waals surface area contributed by atoms with Gasteiger partial charge < -0.3 is 9.84 Å². The Balaban J connectivity index is 2.61. The third kappa shape index (κ3) is 3.69. The van der Waals surface area contributed by atoms with E-state index in [-0.39, 0.29) is 6.61 Å². The molecule has 1 N–H and O–H groups in total. The lowest BCUT2D eigenvalue weighted by molar-refractivity contribution is 0.283. The number of hydrogen-bond donors (Lipinski definition) is 1. The summed E-state index contributed by atoms with van der Waals surface area (Å²) in [7, 11) is 1.63. The summed E-state index contributed by atoms with van der Waals surface area (Å²) in [5.41, 5.74) is 2.31. The van der Waals surface area contributed by atoms with Gasteiger partial charge in [-0.2, -0.15) is 0 Å². The summed E-state index contributed by atoms with van der Waals surface area (Å²) in [5, 5.41) is 9.36. The molecule has 3 heteroatoms. The highest BCUT2D eigenvalue weighted by atomic mass is 35.5. The molecule has 16 heavy (non-hydrogen) atoms. The summed E-state index contributed by atoms with van der Waals surface area (Å²) >= 11 is 6.11. The quantitative estimate of drug-likeness (QED) is 0.776. The first-order chi connectivity index (χ1) is 7.69. The van der Waals surface area contributed by atoms with E-state index in [4.69, 9.17) is 21.4 Å². The van der Waals surface area contributed by atoms with Crippen LogP contribution in [0.3, 0.4) is 0 Å². The fourth-order valence-electron chi connectivity index (χ4n) is 1.82. The SMILES string of the molecule is COc1c(C)cc(CCCCCO)cc1Cl. The summed E-state index contributed by atoms with van der Waals surface area (Å²) in [6.45, 7) is 2.28. The maximum absolute atomic E-state index is 8.68. The van der Waals surface area contributed by atoms with Crippen molar-refractivity contribution in [3.05, 3.63) is 28.3 Å². The van der Waals surface area contributed by atoms with Crippen LogP contribution >= 0.6 is 11.6 Å². The van der Waals surface area contributed by atoms with Crippen LogP contribution in [0.1, 0.15) is 30.4 Å². The van der Waals surface area contributed by atoms with Crippen LogP contribution in [0.5, 0.6) is 5.75 Å². The van der Waals surface area contributed by atoms with E-state index in [1.54, 1.807) is 7.11 Å². The maximum atomic E-state index is 8.68. The zero-order valence-electron chi connectivity index (χ0n) is 9.92. The van der Waals surface area contributed by atoms with E-state index < -0.39 is 0 Å². The van der Waals surface area contributed by atoms with Crippen LogP contribution in [0.4, 0.5) is 0 Å². The molecule has 0 fully saturated rings. The molecule has 0 spiro atoms. The molecule has 0 aromatic heterocycles. The number of benzene rings is 1. The lowest BCUT2D eigenvalue weighted by Crippen LogP contribution is -1.93. The van der Waals surface area contributed by atoms with Crippen molar-refractivity contribution in [3.63, 3.8) is 0 Å². The standard InChI is InChI=1S/C13H19ClO2/c1-10-8-11(6-4-3-5-7-15)9-12(14)13(10)16-2/h8-9,15H,3-7H2,1-2H3. The molecule has 0 saturated carbocycles. The molecule has 0 unspecified atom stereocenters. The molecule has 0 aliphatic heterocycles. The number of aryl methyl sites for hydroxylation is 2. The summed E-state index contributed by atoms with van der Waals surface area (Å²) in [5.74, 6) is 0.765. The van der Waals surface area contributed by atoms with Crippen molar-refractivity contribution in [1.29, 1.82) is 0 Å². The van der Waals surface area contributed by atoms with E-state index >= 15 is 0 Å². The van der Waals surface area contributed by atoms with Gasteiger partial charge in [-0.3, -0.25) is 0 Å². The zero-order valence-corrected chi connectivity index (χ0v) is 10.7. The van der Waals surface area contributed by atoms with Crippen molar-refractivity contribution in [2.75, 3.05) is 13.7 Å². The summed E-state index contributed by atoms with van der Waals surface area (Å²) in [6.07, 6.45) is 4.02. The molecular weight excluding hydrogens is 224 g/mol. The molecule has 0 aliphatic carbocycles. The number of halogens is 1. The molecule has 0 aliphatic rings. The maximum Gasteiger partial charge on any atom is 0.140 e. The van der Waals surface area contributed by atoms with Gasteiger partial charge in [-0.15, -0.1) is 0 Å². The first-order valence-corrected chi connectivity index (χ1v) is 6.00. The molecule has 0 atom stereocenters. The van der Waals surface area contributed by atoms with E-state index in [9.17, 15) is 0 Å². The van der Waals surface area contributed by atoms with E-state index in [2.05, 4.69) is 6.07 Å². The van der Waals surface area contributed by atoms with Crippen LogP contribution in [-0.4, -0.2) is 18.8 Å². The summed E-state index contributed by atoms with van der Waals surface area (Å²) in [4.78, 5) is 0. The van der Waals surface area contributed by atoms with Gasteiger partial charge in [0.15, 0.2) is 0 Å². The van der Waals surface area contributed by atoms with Crippen molar-refractivity contribution in [3.8, 4) is 5.75 Å². The van der Waals surface area contributed by atoms with Crippen LogP contribution in [0.2, 0.25) is 5.02 Å². The number of methoxy groups -OCH3 is 1. The van der Waals surface area contributed by atoms with Gasteiger partial charge in [-0.25, -0.2) is 0 Å². The number of unbranched alkanes of at least 4 members (excludes halogenated alkanes) is 2. The van der Waals surface area contributed by atoms with Gasteiger partial charge >= 0.3 is 0 Å². The van der Waals surface area contributed by atoms with Crippen LogP contribution in [0.15, 0.2) is 12.1 Å². The second-order valence-electron chi connectivity index (χ2n) is 3.96. The van der Waals surface area contributed by atoms with E-state index in [0.717, 1.165) is 37.0 Å². The van der Waals surface area contributed by atoms with E-state index in [1.165, 1.54) is 5.56 Å².